The van der Waals surface area contributed by atoms with E-state index in [1.54, 1.807) is 6.26 Å². The van der Waals surface area contributed by atoms with E-state index in [4.69, 9.17) is 10.2 Å². The van der Waals surface area contributed by atoms with Crippen molar-refractivity contribution < 1.29 is 9.21 Å². The number of furan rings is 1. The molecule has 0 radical (unpaired) electrons. The van der Waals surface area contributed by atoms with Gasteiger partial charge in [-0.05, 0) is 42.7 Å². The molecule has 1 aromatic heterocycles. The third kappa shape index (κ3) is 1.82. The zero-order valence-electron chi connectivity index (χ0n) is 10.1. The first kappa shape index (κ1) is 11.1. The van der Waals surface area contributed by atoms with E-state index in [0.29, 0.717) is 6.42 Å². The number of nitrogen functional groups attached to an aromatic ring is 1. The van der Waals surface area contributed by atoms with Crippen LogP contribution >= 0.6 is 0 Å². The minimum absolute atomic E-state index is 0.238. The van der Waals surface area contributed by atoms with Crippen molar-refractivity contribution in [3.63, 3.8) is 0 Å². The van der Waals surface area contributed by atoms with E-state index in [9.17, 15) is 4.79 Å². The lowest BCUT2D eigenvalue weighted by molar-refractivity contribution is -0.121. The predicted molar refractivity (Wildman–Crippen MR) is 69.2 cm³/mol. The third-order valence-electron chi connectivity index (χ3n) is 3.66. The van der Waals surface area contributed by atoms with Crippen molar-refractivity contribution >= 4 is 11.5 Å². The quantitative estimate of drug-likeness (QED) is 0.837. The molecule has 0 bridgehead atoms. The second-order valence-electron chi connectivity index (χ2n) is 4.88. The number of hydrogen-bond donors (Lipinski definition) is 1. The number of nitrogens with two attached hydrogens (primary N) is 1. The number of ketones is 1. The van der Waals surface area contributed by atoms with E-state index in [2.05, 4.69) is 0 Å². The van der Waals surface area contributed by atoms with E-state index in [1.165, 1.54) is 0 Å². The molecule has 0 aliphatic heterocycles. The van der Waals surface area contributed by atoms with Crippen LogP contribution in [0.3, 0.4) is 0 Å². The van der Waals surface area contributed by atoms with Crippen LogP contribution in [-0.4, -0.2) is 5.78 Å². The fourth-order valence-corrected chi connectivity index (χ4v) is 2.40. The second kappa shape index (κ2) is 4.02. The normalized spacial score (nSPS) is 16.4. The molecule has 0 atom stereocenters. The molecule has 0 amide bonds. The molecule has 3 nitrogen and oxygen atoms in total. The Bertz CT molecular complexity index is 551. The van der Waals surface area contributed by atoms with Crippen molar-refractivity contribution in [1.82, 2.24) is 0 Å². The van der Waals surface area contributed by atoms with Gasteiger partial charge in [0.05, 0.1) is 18.1 Å². The summed E-state index contributed by atoms with van der Waals surface area (Å²) in [5.74, 6) is 0.976. The largest absolute Gasteiger partial charge is 0.469 e. The Balaban J connectivity index is 1.82. The minimum Gasteiger partial charge on any atom is -0.469 e. The first-order chi connectivity index (χ1) is 8.71. The van der Waals surface area contributed by atoms with E-state index < -0.39 is 0 Å². The van der Waals surface area contributed by atoms with Crippen molar-refractivity contribution in [2.45, 2.75) is 24.7 Å². The Hall–Kier alpha value is -2.03. The van der Waals surface area contributed by atoms with Crippen LogP contribution in [0.25, 0.3) is 0 Å². The average Bonchev–Trinajstić information content (AvgIpc) is 3.03. The fraction of sp³-hybridized carbons (Fsp3) is 0.267. The lowest BCUT2D eigenvalue weighted by Crippen LogP contribution is -2.22. The first-order valence-corrected chi connectivity index (χ1v) is 6.12. The molecule has 2 N–H and O–H groups in total. The summed E-state index contributed by atoms with van der Waals surface area (Å²) in [5, 5.41) is 0. The molecule has 2 aromatic rings. The average molecular weight is 241 g/mol. The van der Waals surface area contributed by atoms with Crippen LogP contribution in [0.15, 0.2) is 47.1 Å². The van der Waals surface area contributed by atoms with E-state index in [-0.39, 0.29) is 11.2 Å². The van der Waals surface area contributed by atoms with Gasteiger partial charge in [-0.25, -0.2) is 0 Å². The van der Waals surface area contributed by atoms with Gasteiger partial charge in [-0.3, -0.25) is 4.79 Å². The summed E-state index contributed by atoms with van der Waals surface area (Å²) in [7, 11) is 0. The van der Waals surface area contributed by atoms with Crippen LogP contribution in [0, 0.1) is 0 Å². The number of carbonyl (C=O) groups is 1. The van der Waals surface area contributed by atoms with E-state index >= 15 is 0 Å². The highest BCUT2D eigenvalue weighted by Crippen LogP contribution is 2.49. The van der Waals surface area contributed by atoms with Crippen LogP contribution in [0.5, 0.6) is 0 Å². The number of rotatable bonds is 4. The lowest BCUT2D eigenvalue weighted by atomic mass is 9.89. The van der Waals surface area contributed by atoms with Crippen LogP contribution in [0.1, 0.15) is 24.2 Å². The summed E-state index contributed by atoms with van der Waals surface area (Å²) in [4.78, 5) is 12.4. The van der Waals surface area contributed by atoms with E-state index in [0.717, 1.165) is 29.9 Å². The van der Waals surface area contributed by atoms with E-state index in [1.807, 2.05) is 36.4 Å². The molecular formula is C15H15NO2. The number of anilines is 1. The van der Waals surface area contributed by atoms with Gasteiger partial charge in [0.1, 0.15) is 5.76 Å². The molecule has 3 heteroatoms. The molecule has 3 rings (SSSR count). The first-order valence-electron chi connectivity index (χ1n) is 6.12. The van der Waals surface area contributed by atoms with Crippen molar-refractivity contribution in [3.05, 3.63) is 54.0 Å². The van der Waals surface area contributed by atoms with Gasteiger partial charge >= 0.3 is 0 Å². The Kier molecular flexibility index (Phi) is 2.47. The van der Waals surface area contributed by atoms with Gasteiger partial charge < -0.3 is 10.2 Å². The summed E-state index contributed by atoms with van der Waals surface area (Å²) in [6.07, 6.45) is 3.83. The van der Waals surface area contributed by atoms with Gasteiger partial charge in [-0.15, -0.1) is 0 Å². The van der Waals surface area contributed by atoms with Crippen molar-refractivity contribution in [2.24, 2.45) is 0 Å². The van der Waals surface area contributed by atoms with Crippen LogP contribution in [-0.2, 0) is 16.6 Å². The topological polar surface area (TPSA) is 56.2 Å². The maximum absolute atomic E-state index is 12.4. The molecule has 1 fully saturated rings. The Morgan fingerprint density at radius 3 is 2.50 bits per heavy atom. The maximum atomic E-state index is 12.4. The van der Waals surface area contributed by atoms with Gasteiger partial charge in [-0.1, -0.05) is 12.1 Å². The predicted octanol–water partition coefficient (Wildman–Crippen LogP) is 2.71. The summed E-state index contributed by atoms with van der Waals surface area (Å²) >= 11 is 0. The smallest absolute Gasteiger partial charge is 0.150 e. The van der Waals surface area contributed by atoms with Crippen molar-refractivity contribution in [3.8, 4) is 0 Å². The van der Waals surface area contributed by atoms with Gasteiger partial charge in [0.2, 0.25) is 0 Å². The van der Waals surface area contributed by atoms with Gasteiger partial charge in [-0.2, -0.15) is 0 Å². The van der Waals surface area contributed by atoms with Crippen LogP contribution in [0.2, 0.25) is 0 Å². The molecule has 92 valence electrons. The van der Waals surface area contributed by atoms with Crippen LogP contribution < -0.4 is 5.73 Å². The maximum Gasteiger partial charge on any atom is 0.150 e. The second-order valence-corrected chi connectivity index (χ2v) is 4.88. The highest BCUT2D eigenvalue weighted by molar-refractivity contribution is 5.94. The fourth-order valence-electron chi connectivity index (χ4n) is 2.40. The third-order valence-corrected chi connectivity index (χ3v) is 3.66. The summed E-state index contributed by atoms with van der Waals surface area (Å²) in [5.41, 5.74) is 7.19. The molecule has 0 spiro atoms. The lowest BCUT2D eigenvalue weighted by Gasteiger charge is -2.14. The molecular weight excluding hydrogens is 226 g/mol. The molecule has 1 heterocycles. The molecule has 0 saturated heterocycles. The minimum atomic E-state index is -0.291. The summed E-state index contributed by atoms with van der Waals surface area (Å²) in [6.45, 7) is 0. The summed E-state index contributed by atoms with van der Waals surface area (Å²) in [6, 6.07) is 11.3. The zero-order chi connectivity index (χ0) is 12.6. The SMILES string of the molecule is Nc1ccc(C2(C(=O)Cc3ccco3)CC2)cc1. The number of hydrogen-bond acceptors (Lipinski definition) is 3. The zero-order valence-corrected chi connectivity index (χ0v) is 10.1. The molecule has 0 unspecified atom stereocenters. The summed E-state index contributed by atoms with van der Waals surface area (Å²) < 4.78 is 5.24. The molecule has 1 aliphatic carbocycles. The van der Waals surface area contributed by atoms with Gasteiger partial charge in [0.25, 0.3) is 0 Å². The molecule has 18 heavy (non-hydrogen) atoms. The highest BCUT2D eigenvalue weighted by atomic mass is 16.3. The molecule has 1 aliphatic rings. The van der Waals surface area contributed by atoms with Gasteiger partial charge in [0.15, 0.2) is 5.78 Å². The van der Waals surface area contributed by atoms with Crippen molar-refractivity contribution in [2.75, 3.05) is 5.73 Å². The van der Waals surface area contributed by atoms with Gasteiger partial charge in [0, 0.05) is 5.69 Å². The highest BCUT2D eigenvalue weighted by Gasteiger charge is 2.50. The van der Waals surface area contributed by atoms with Crippen LogP contribution in [0.4, 0.5) is 5.69 Å². The Morgan fingerprint density at radius 2 is 1.94 bits per heavy atom. The monoisotopic (exact) mass is 241 g/mol. The Morgan fingerprint density at radius 1 is 1.22 bits per heavy atom. The standard InChI is InChI=1S/C15H15NO2/c16-12-5-3-11(4-6-12)15(7-8-15)14(17)10-13-2-1-9-18-13/h1-6,9H,7-8,10,16H2. The molecule has 1 aromatic carbocycles. The molecule has 1 saturated carbocycles. The van der Waals surface area contributed by atoms with Crippen molar-refractivity contribution in [1.29, 1.82) is 0 Å². The Labute approximate surface area is 106 Å². The number of Topliss-reactive ketones (excluding diaryl/α,β-unsaturated/α-hetero) is 1. The number of benzene rings is 1. The number of carbonyl (C=O) groups excluding carboxylic acids is 1.